The van der Waals surface area contributed by atoms with Crippen LogP contribution in [0.4, 0.5) is 0 Å². The average molecular weight is 448 g/mol. The third-order valence-electron chi connectivity index (χ3n) is 6.23. The van der Waals surface area contributed by atoms with Gasteiger partial charge < -0.3 is 23.6 Å². The van der Waals surface area contributed by atoms with Crippen LogP contribution in [0.3, 0.4) is 0 Å². The summed E-state index contributed by atoms with van der Waals surface area (Å²) < 4.78 is 17.3. The highest BCUT2D eigenvalue weighted by Gasteiger charge is 2.22. The fourth-order valence-electron chi connectivity index (χ4n) is 4.52. The topological polar surface area (TPSA) is 84.8 Å². The Bertz CT molecular complexity index is 1180. The summed E-state index contributed by atoms with van der Waals surface area (Å²) in [5.41, 5.74) is 2.09. The van der Waals surface area contributed by atoms with Crippen molar-refractivity contribution in [2.24, 2.45) is 5.92 Å². The van der Waals surface area contributed by atoms with E-state index in [1.54, 1.807) is 6.92 Å². The van der Waals surface area contributed by atoms with Crippen molar-refractivity contribution >= 4 is 11.0 Å². The number of hydrogen-bond donors (Lipinski definition) is 1. The first-order chi connectivity index (χ1) is 16.1. The van der Waals surface area contributed by atoms with Gasteiger partial charge in [-0.2, -0.15) is 0 Å². The Balaban J connectivity index is 1.13. The first-order valence-corrected chi connectivity index (χ1v) is 11.5. The molecule has 1 aliphatic rings. The Hall–Kier alpha value is -3.16. The van der Waals surface area contributed by atoms with Gasteiger partial charge in [0.2, 0.25) is 5.89 Å². The lowest BCUT2D eigenvalue weighted by atomic mass is 9.90. The molecule has 1 N–H and O–H groups in total. The number of aliphatic hydroxyl groups is 1. The predicted molar refractivity (Wildman–Crippen MR) is 125 cm³/mol. The molecular weight excluding hydrogens is 418 g/mol. The van der Waals surface area contributed by atoms with Crippen LogP contribution < -0.4 is 4.74 Å². The van der Waals surface area contributed by atoms with E-state index in [9.17, 15) is 5.11 Å². The standard InChI is InChI=1S/C26H29N3O4/c1-18-27-28-26(32-18)25-15-22-23(8-5-9-24(22)33-25)31-17-21(30)16-29-12-10-20(11-13-29)14-19-6-3-2-4-7-19/h2-9,15,20-21,30H,10-14,16-17H2,1H3/t21-/m0/s1. The van der Waals surface area contributed by atoms with Crippen molar-refractivity contribution < 1.29 is 18.7 Å². The molecule has 0 amide bonds. The number of aromatic nitrogens is 2. The van der Waals surface area contributed by atoms with Crippen LogP contribution in [0.1, 0.15) is 24.3 Å². The van der Waals surface area contributed by atoms with Gasteiger partial charge in [-0.25, -0.2) is 0 Å². The van der Waals surface area contributed by atoms with Crippen LogP contribution in [0.5, 0.6) is 5.75 Å². The molecule has 0 spiro atoms. The molecular formula is C26H29N3O4. The Labute approximate surface area is 193 Å². The first kappa shape index (κ1) is 21.7. The van der Waals surface area contributed by atoms with Gasteiger partial charge >= 0.3 is 0 Å². The second-order valence-electron chi connectivity index (χ2n) is 8.80. The average Bonchev–Trinajstić information content (AvgIpc) is 3.46. The van der Waals surface area contributed by atoms with Crippen LogP contribution in [0, 0.1) is 12.8 Å². The summed E-state index contributed by atoms with van der Waals surface area (Å²) in [5.74, 6) is 2.70. The molecule has 4 aromatic rings. The maximum Gasteiger partial charge on any atom is 0.283 e. The lowest BCUT2D eigenvalue weighted by Crippen LogP contribution is -2.41. The monoisotopic (exact) mass is 447 g/mol. The van der Waals surface area contributed by atoms with Gasteiger partial charge in [0.05, 0.1) is 5.39 Å². The number of likely N-dealkylation sites (tertiary alicyclic amines) is 1. The fourth-order valence-corrected chi connectivity index (χ4v) is 4.52. The van der Waals surface area contributed by atoms with Crippen molar-refractivity contribution in [2.75, 3.05) is 26.2 Å². The fraction of sp³-hybridized carbons (Fsp3) is 0.385. The van der Waals surface area contributed by atoms with E-state index in [1.165, 1.54) is 5.56 Å². The molecule has 1 aliphatic heterocycles. The molecule has 7 nitrogen and oxygen atoms in total. The summed E-state index contributed by atoms with van der Waals surface area (Å²) in [4.78, 5) is 2.34. The number of aliphatic hydroxyl groups excluding tert-OH is 1. The molecule has 0 aliphatic carbocycles. The molecule has 1 fully saturated rings. The van der Waals surface area contributed by atoms with E-state index in [2.05, 4.69) is 45.4 Å². The van der Waals surface area contributed by atoms with E-state index >= 15 is 0 Å². The number of benzene rings is 2. The van der Waals surface area contributed by atoms with Gasteiger partial charge in [0.15, 0.2) is 5.76 Å². The zero-order valence-corrected chi connectivity index (χ0v) is 18.8. The van der Waals surface area contributed by atoms with Gasteiger partial charge in [-0.15, -0.1) is 10.2 Å². The number of piperidine rings is 1. The minimum atomic E-state index is -0.559. The molecule has 0 saturated carbocycles. The Morgan fingerprint density at radius 1 is 1.06 bits per heavy atom. The summed E-state index contributed by atoms with van der Waals surface area (Å²) in [5, 5.41) is 19.3. The van der Waals surface area contributed by atoms with E-state index < -0.39 is 6.10 Å². The normalized spacial score (nSPS) is 16.3. The van der Waals surface area contributed by atoms with E-state index in [0.717, 1.165) is 37.7 Å². The third-order valence-corrected chi connectivity index (χ3v) is 6.23. The molecule has 5 rings (SSSR count). The number of β-amino-alcohol motifs (C(OH)–C–C–N with tert-alkyl or cyclic N) is 1. The van der Waals surface area contributed by atoms with Crippen molar-refractivity contribution in [3.05, 3.63) is 66.1 Å². The van der Waals surface area contributed by atoms with Crippen LogP contribution in [-0.2, 0) is 6.42 Å². The van der Waals surface area contributed by atoms with E-state index in [-0.39, 0.29) is 6.61 Å². The number of nitrogens with zero attached hydrogens (tertiary/aromatic N) is 3. The molecule has 3 heterocycles. The highest BCUT2D eigenvalue weighted by Crippen LogP contribution is 2.33. The zero-order chi connectivity index (χ0) is 22.6. The number of fused-ring (bicyclic) bond motifs is 1. The van der Waals surface area contributed by atoms with Crippen LogP contribution in [0.2, 0.25) is 0 Å². The Kier molecular flexibility index (Phi) is 6.41. The summed E-state index contributed by atoms with van der Waals surface area (Å²) in [6.07, 6.45) is 2.90. The highest BCUT2D eigenvalue weighted by molar-refractivity contribution is 5.87. The quantitative estimate of drug-likeness (QED) is 0.426. The van der Waals surface area contributed by atoms with Gasteiger partial charge in [0, 0.05) is 19.5 Å². The second-order valence-corrected chi connectivity index (χ2v) is 8.80. The van der Waals surface area contributed by atoms with Crippen molar-refractivity contribution in [1.29, 1.82) is 0 Å². The van der Waals surface area contributed by atoms with Crippen molar-refractivity contribution in [2.45, 2.75) is 32.3 Å². The van der Waals surface area contributed by atoms with Gasteiger partial charge in [-0.3, -0.25) is 0 Å². The molecule has 0 unspecified atom stereocenters. The van der Waals surface area contributed by atoms with Crippen LogP contribution in [-0.4, -0.2) is 52.5 Å². The minimum absolute atomic E-state index is 0.225. The lowest BCUT2D eigenvalue weighted by Gasteiger charge is -2.33. The van der Waals surface area contributed by atoms with Crippen LogP contribution >= 0.6 is 0 Å². The van der Waals surface area contributed by atoms with Gasteiger partial charge in [-0.05, 0) is 56.0 Å². The van der Waals surface area contributed by atoms with E-state index in [4.69, 9.17) is 13.6 Å². The summed E-state index contributed by atoms with van der Waals surface area (Å²) in [6, 6.07) is 18.1. The number of aryl methyl sites for hydroxylation is 1. The molecule has 7 heteroatoms. The lowest BCUT2D eigenvalue weighted by molar-refractivity contribution is 0.0555. The van der Waals surface area contributed by atoms with Gasteiger partial charge in [0.25, 0.3) is 5.89 Å². The van der Waals surface area contributed by atoms with Gasteiger partial charge in [-0.1, -0.05) is 36.4 Å². The number of furan rings is 1. The summed E-state index contributed by atoms with van der Waals surface area (Å²) in [7, 11) is 0. The minimum Gasteiger partial charge on any atom is -0.490 e. The summed E-state index contributed by atoms with van der Waals surface area (Å²) >= 11 is 0. The number of ether oxygens (including phenoxy) is 1. The smallest absolute Gasteiger partial charge is 0.283 e. The third kappa shape index (κ3) is 5.26. The first-order valence-electron chi connectivity index (χ1n) is 11.5. The highest BCUT2D eigenvalue weighted by atomic mass is 16.5. The molecule has 0 radical (unpaired) electrons. The summed E-state index contributed by atoms with van der Waals surface area (Å²) in [6.45, 7) is 4.60. The largest absolute Gasteiger partial charge is 0.490 e. The van der Waals surface area contributed by atoms with Crippen molar-refractivity contribution in [3.8, 4) is 17.4 Å². The van der Waals surface area contributed by atoms with Crippen molar-refractivity contribution in [3.63, 3.8) is 0 Å². The maximum absolute atomic E-state index is 10.6. The van der Waals surface area contributed by atoms with Crippen LogP contribution in [0.15, 0.2) is 63.4 Å². The van der Waals surface area contributed by atoms with E-state index in [0.29, 0.717) is 41.3 Å². The second kappa shape index (κ2) is 9.77. The maximum atomic E-state index is 10.6. The number of rotatable bonds is 8. The molecule has 2 aromatic carbocycles. The number of hydrogen-bond acceptors (Lipinski definition) is 7. The van der Waals surface area contributed by atoms with E-state index in [1.807, 2.05) is 24.3 Å². The molecule has 172 valence electrons. The zero-order valence-electron chi connectivity index (χ0n) is 18.8. The Morgan fingerprint density at radius 2 is 1.88 bits per heavy atom. The molecule has 1 atom stereocenters. The Morgan fingerprint density at radius 3 is 2.64 bits per heavy atom. The molecule has 33 heavy (non-hydrogen) atoms. The predicted octanol–water partition coefficient (Wildman–Crippen LogP) is 4.49. The molecule has 1 saturated heterocycles. The molecule has 0 bridgehead atoms. The molecule has 2 aromatic heterocycles. The van der Waals surface area contributed by atoms with Crippen LogP contribution in [0.25, 0.3) is 22.6 Å². The van der Waals surface area contributed by atoms with Crippen molar-refractivity contribution in [1.82, 2.24) is 15.1 Å². The van der Waals surface area contributed by atoms with Gasteiger partial charge in [0.1, 0.15) is 24.0 Å². The SMILES string of the molecule is Cc1nnc(-c2cc3c(OC[C@@H](O)CN4CCC(Cc5ccccc5)CC4)cccc3o2)o1.